The van der Waals surface area contributed by atoms with E-state index in [0.717, 1.165) is 99.0 Å². The molecule has 0 saturated carbocycles. The third-order valence-corrected chi connectivity index (χ3v) is 17.1. The Labute approximate surface area is 521 Å². The zero-order chi connectivity index (χ0) is 65.5. The standard InChI is InChI=1S/2C32H35N3O.3C2H2O4/c2*1-21-22(2)31-27(23(3)30(21)33)18-32(4,36-31)20-34-16-14-24(15-17-34)28-19-35(25-10-6-5-7-11-25)29-13-9-8-12-26(28)29;3*3-1(4)2(5)6/h2*5-14,19H,15-18,20,33H2,1-4H3;3*(H,3,4)(H,5,6). The van der Waals surface area contributed by atoms with E-state index in [2.05, 4.69) is 208 Å². The lowest BCUT2D eigenvalue weighted by atomic mass is 9.91. The molecule has 12 rings (SSSR count). The van der Waals surface area contributed by atoms with Crippen LogP contribution in [0.1, 0.15) is 82.3 Å². The zero-order valence-electron chi connectivity index (χ0n) is 51.7. The molecular weight excluding hydrogens is 1150 g/mol. The summed E-state index contributed by atoms with van der Waals surface area (Å²) < 4.78 is 17.9. The van der Waals surface area contributed by atoms with Crippen LogP contribution in [-0.4, -0.2) is 136 Å². The number of rotatable bonds is 8. The Morgan fingerprint density at radius 3 is 1.06 bits per heavy atom. The minimum Gasteiger partial charge on any atom is -0.485 e. The van der Waals surface area contributed by atoms with Crippen LogP contribution in [0.3, 0.4) is 0 Å². The summed E-state index contributed by atoms with van der Waals surface area (Å²) in [4.78, 5) is 59.7. The van der Waals surface area contributed by atoms with E-state index < -0.39 is 35.8 Å². The SMILES string of the molecule is Cc1c(C)c2c(c(C)c1N)CC(C)(CN1CC=C(c3cn(-c4ccccc4)c4ccccc34)CC1)O2.Cc1c(C)c2c(c(C)c1N)CC(C)(CN1CC=C(c3cn(-c4ccccc4)c4ccccc34)CC1)O2.O=C(O)C(=O)O.O=C(O)C(=O)O.O=C(O)C(=O)O. The molecule has 6 aromatic carbocycles. The fourth-order valence-electron chi connectivity index (χ4n) is 12.2. The van der Waals surface area contributed by atoms with Gasteiger partial charge in [0.2, 0.25) is 0 Å². The third kappa shape index (κ3) is 14.5. The fourth-order valence-corrected chi connectivity index (χ4v) is 12.2. The molecule has 20 heteroatoms. The molecular formula is C70H76N6O14. The molecule has 0 fully saturated rings. The van der Waals surface area contributed by atoms with E-state index in [1.807, 2.05) is 0 Å². The van der Waals surface area contributed by atoms with Crippen LogP contribution in [0.15, 0.2) is 134 Å². The molecule has 0 saturated heterocycles. The lowest BCUT2D eigenvalue weighted by Gasteiger charge is -2.34. The molecule has 10 N–H and O–H groups in total. The normalized spacial score (nSPS) is 17.3. The number of carbonyl (C=O) groups is 6. The van der Waals surface area contributed by atoms with Gasteiger partial charge in [-0.05, 0) is 149 Å². The van der Waals surface area contributed by atoms with E-state index >= 15 is 0 Å². The van der Waals surface area contributed by atoms with Crippen LogP contribution in [0.5, 0.6) is 11.5 Å². The highest BCUT2D eigenvalue weighted by atomic mass is 16.5. The number of para-hydroxylation sites is 4. The molecule has 0 aliphatic carbocycles. The van der Waals surface area contributed by atoms with Gasteiger partial charge in [-0.15, -0.1) is 0 Å². The number of nitrogens with two attached hydrogens (primary N) is 2. The second kappa shape index (κ2) is 27.5. The van der Waals surface area contributed by atoms with Crippen molar-refractivity contribution in [3.8, 4) is 22.9 Å². The van der Waals surface area contributed by atoms with E-state index in [9.17, 15) is 0 Å². The molecule has 0 radical (unpaired) electrons. The maximum absolute atomic E-state index is 9.10. The number of ether oxygens (including phenoxy) is 2. The second-order valence-electron chi connectivity index (χ2n) is 23.4. The van der Waals surface area contributed by atoms with Crippen molar-refractivity contribution in [1.29, 1.82) is 0 Å². The van der Waals surface area contributed by atoms with Crippen LogP contribution in [0.4, 0.5) is 11.4 Å². The number of benzene rings is 6. The monoisotopic (exact) mass is 1220 g/mol. The predicted octanol–water partition coefficient (Wildman–Crippen LogP) is 10.7. The van der Waals surface area contributed by atoms with E-state index in [4.69, 9.17) is 80.3 Å². The van der Waals surface area contributed by atoms with Crippen molar-refractivity contribution in [2.45, 2.75) is 92.3 Å². The molecule has 470 valence electrons. The minimum atomic E-state index is -1.82. The molecule has 0 bridgehead atoms. The summed E-state index contributed by atoms with van der Waals surface area (Å²) in [5.41, 5.74) is 34.3. The maximum atomic E-state index is 9.10. The molecule has 2 aromatic heterocycles. The van der Waals surface area contributed by atoms with Crippen molar-refractivity contribution in [2.75, 3.05) is 50.7 Å². The first-order chi connectivity index (χ1) is 42.6. The average molecular weight is 1230 g/mol. The summed E-state index contributed by atoms with van der Waals surface area (Å²) in [5, 5.41) is 47.0. The van der Waals surface area contributed by atoms with Crippen molar-refractivity contribution in [3.05, 3.63) is 189 Å². The maximum Gasteiger partial charge on any atom is 0.414 e. The van der Waals surface area contributed by atoms with Gasteiger partial charge < -0.3 is 60.7 Å². The van der Waals surface area contributed by atoms with Crippen LogP contribution < -0.4 is 20.9 Å². The van der Waals surface area contributed by atoms with Gasteiger partial charge in [-0.1, -0.05) is 84.9 Å². The van der Waals surface area contributed by atoms with Crippen LogP contribution in [0, 0.1) is 41.5 Å². The summed E-state index contributed by atoms with van der Waals surface area (Å²) >= 11 is 0. The van der Waals surface area contributed by atoms with E-state index in [-0.39, 0.29) is 11.2 Å². The highest BCUT2D eigenvalue weighted by Gasteiger charge is 2.41. The first kappa shape index (κ1) is 65.8. The van der Waals surface area contributed by atoms with E-state index in [1.54, 1.807) is 0 Å². The lowest BCUT2D eigenvalue weighted by Crippen LogP contribution is -2.45. The van der Waals surface area contributed by atoms with Crippen LogP contribution in [0.25, 0.3) is 44.3 Å². The van der Waals surface area contributed by atoms with Gasteiger partial charge in [0.05, 0.1) is 11.0 Å². The van der Waals surface area contributed by atoms with Crippen molar-refractivity contribution in [2.24, 2.45) is 0 Å². The summed E-state index contributed by atoms with van der Waals surface area (Å²) in [5.74, 6) is -8.83. The number of hydrogen-bond donors (Lipinski definition) is 8. The fraction of sp³-hybridized carbons (Fsp3) is 0.286. The number of carboxylic acids is 6. The number of carboxylic acid groups (broad SMARTS) is 6. The summed E-state index contributed by atoms with van der Waals surface area (Å²) in [6.45, 7) is 23.0. The van der Waals surface area contributed by atoms with Gasteiger partial charge in [0.25, 0.3) is 0 Å². The van der Waals surface area contributed by atoms with Crippen LogP contribution >= 0.6 is 0 Å². The van der Waals surface area contributed by atoms with E-state index in [0.29, 0.717) is 0 Å². The topological polar surface area (TPSA) is 311 Å². The Morgan fingerprint density at radius 1 is 0.444 bits per heavy atom. The van der Waals surface area contributed by atoms with E-state index in [1.165, 1.54) is 88.8 Å². The first-order valence-corrected chi connectivity index (χ1v) is 29.3. The molecule has 20 nitrogen and oxygen atoms in total. The Hall–Kier alpha value is -10.2. The van der Waals surface area contributed by atoms with Gasteiger partial charge in [-0.25, -0.2) is 28.8 Å². The Balaban J connectivity index is 0.000000183. The molecule has 2 unspecified atom stereocenters. The molecule has 4 aliphatic rings. The highest BCUT2D eigenvalue weighted by molar-refractivity contribution is 6.28. The second-order valence-corrected chi connectivity index (χ2v) is 23.4. The summed E-state index contributed by atoms with van der Waals surface area (Å²) in [6.07, 6.45) is 13.4. The summed E-state index contributed by atoms with van der Waals surface area (Å²) in [6, 6.07) is 38.7. The van der Waals surface area contributed by atoms with Crippen LogP contribution in [-0.2, 0) is 41.6 Å². The number of fused-ring (bicyclic) bond motifs is 4. The predicted molar refractivity (Wildman–Crippen MR) is 346 cm³/mol. The van der Waals surface area contributed by atoms with Crippen LogP contribution in [0.2, 0.25) is 0 Å². The van der Waals surface area contributed by atoms with Crippen molar-refractivity contribution >= 4 is 80.1 Å². The number of anilines is 2. The molecule has 8 aromatic rings. The number of nitrogen functional groups attached to an aromatic ring is 2. The van der Waals surface area contributed by atoms with Gasteiger partial charge in [-0.2, -0.15) is 0 Å². The van der Waals surface area contributed by atoms with Crippen molar-refractivity contribution < 1.29 is 68.9 Å². The smallest absolute Gasteiger partial charge is 0.414 e. The Bertz CT molecular complexity index is 3750. The summed E-state index contributed by atoms with van der Waals surface area (Å²) in [7, 11) is 0. The molecule has 90 heavy (non-hydrogen) atoms. The number of hydrogen-bond acceptors (Lipinski definition) is 12. The zero-order valence-corrected chi connectivity index (χ0v) is 51.7. The molecule has 4 aliphatic heterocycles. The number of nitrogens with zero attached hydrogens (tertiary/aromatic N) is 4. The highest BCUT2D eigenvalue weighted by Crippen LogP contribution is 2.46. The largest absolute Gasteiger partial charge is 0.485 e. The Kier molecular flexibility index (Phi) is 20.1. The first-order valence-electron chi connectivity index (χ1n) is 29.3. The van der Waals surface area contributed by atoms with Crippen molar-refractivity contribution in [3.63, 3.8) is 0 Å². The minimum absolute atomic E-state index is 0.229. The number of aromatic nitrogens is 2. The Morgan fingerprint density at radius 2 is 0.756 bits per heavy atom. The third-order valence-electron chi connectivity index (χ3n) is 17.1. The van der Waals surface area contributed by atoms with Gasteiger partial charge in [0, 0.05) is 120 Å². The lowest BCUT2D eigenvalue weighted by molar-refractivity contribution is -0.159. The van der Waals surface area contributed by atoms with Gasteiger partial charge in [0.15, 0.2) is 0 Å². The average Bonchev–Trinajstić information content (AvgIpc) is 1.70. The molecule has 0 amide bonds. The molecule has 6 heterocycles. The quantitative estimate of drug-likeness (QED) is 0.0518. The molecule has 2 atom stereocenters. The van der Waals surface area contributed by atoms with Gasteiger partial charge in [0.1, 0.15) is 22.7 Å². The number of aliphatic carboxylic acids is 6. The van der Waals surface area contributed by atoms with Gasteiger partial charge >= 0.3 is 35.8 Å². The van der Waals surface area contributed by atoms with Crippen molar-refractivity contribution in [1.82, 2.24) is 18.9 Å². The molecule has 0 spiro atoms. The van der Waals surface area contributed by atoms with Gasteiger partial charge in [-0.3, -0.25) is 9.80 Å².